The van der Waals surface area contributed by atoms with Crippen LogP contribution < -0.4 is 10.1 Å². The largest absolute Gasteiger partial charge is 0.494 e. The van der Waals surface area contributed by atoms with E-state index in [1.165, 1.54) is 25.3 Å². The second kappa shape index (κ2) is 6.02. The molecule has 0 saturated carbocycles. The lowest BCUT2D eigenvalue weighted by Gasteiger charge is -2.09. The molecule has 0 aromatic heterocycles. The molecule has 2 aromatic carbocycles. The third kappa shape index (κ3) is 3.67. The summed E-state index contributed by atoms with van der Waals surface area (Å²) < 4.78 is 32.2. The normalized spacial score (nSPS) is 10.3. The van der Waals surface area contributed by atoms with Crippen molar-refractivity contribution in [1.29, 1.82) is 0 Å². The van der Waals surface area contributed by atoms with Crippen molar-refractivity contribution in [3.05, 3.63) is 58.1 Å². The minimum Gasteiger partial charge on any atom is -0.494 e. The van der Waals surface area contributed by atoms with Gasteiger partial charge in [0.05, 0.1) is 7.11 Å². The summed E-state index contributed by atoms with van der Waals surface area (Å²) in [6, 6.07) is 9.20. The van der Waals surface area contributed by atoms with Gasteiger partial charge in [0, 0.05) is 22.8 Å². The number of nitrogens with one attached hydrogen (secondary N) is 1. The quantitative estimate of drug-likeness (QED) is 0.901. The van der Waals surface area contributed by atoms with Gasteiger partial charge < -0.3 is 10.1 Å². The van der Waals surface area contributed by atoms with E-state index in [1.807, 2.05) is 0 Å². The summed E-state index contributed by atoms with van der Waals surface area (Å²) in [4.78, 5) is 0. The summed E-state index contributed by atoms with van der Waals surface area (Å²) in [5, 5.41) is 3.02. The third-order valence-corrected chi connectivity index (χ3v) is 3.03. The highest BCUT2D eigenvalue weighted by molar-refractivity contribution is 9.10. The van der Waals surface area contributed by atoms with Crippen molar-refractivity contribution in [2.45, 2.75) is 6.54 Å². The molecule has 0 fully saturated rings. The maximum absolute atomic E-state index is 13.5. The lowest BCUT2D eigenvalue weighted by molar-refractivity contribution is 0.386. The second-order valence-electron chi connectivity index (χ2n) is 3.98. The van der Waals surface area contributed by atoms with Crippen LogP contribution >= 0.6 is 15.9 Å². The molecule has 100 valence electrons. The third-order valence-electron chi connectivity index (χ3n) is 2.57. The molecule has 0 heterocycles. The molecule has 0 spiro atoms. The van der Waals surface area contributed by atoms with Gasteiger partial charge in [0.2, 0.25) is 0 Å². The average molecular weight is 328 g/mol. The fourth-order valence-electron chi connectivity index (χ4n) is 1.69. The van der Waals surface area contributed by atoms with Gasteiger partial charge in [0.25, 0.3) is 0 Å². The van der Waals surface area contributed by atoms with Gasteiger partial charge in [-0.3, -0.25) is 0 Å². The summed E-state index contributed by atoms with van der Waals surface area (Å²) in [5.41, 5.74) is 1.38. The van der Waals surface area contributed by atoms with Crippen LogP contribution in [0, 0.1) is 11.6 Å². The Balaban J connectivity index is 2.08. The van der Waals surface area contributed by atoms with Gasteiger partial charge in [-0.1, -0.05) is 15.9 Å². The average Bonchev–Trinajstić information content (AvgIpc) is 2.35. The molecule has 0 saturated heterocycles. The molecule has 0 aliphatic carbocycles. The predicted molar refractivity (Wildman–Crippen MR) is 74.4 cm³/mol. The summed E-state index contributed by atoms with van der Waals surface area (Å²) in [7, 11) is 1.41. The molecule has 0 bridgehead atoms. The van der Waals surface area contributed by atoms with E-state index in [0.717, 1.165) is 5.56 Å². The monoisotopic (exact) mass is 327 g/mol. The Hall–Kier alpha value is -1.62. The van der Waals surface area contributed by atoms with Crippen LogP contribution in [-0.4, -0.2) is 7.11 Å². The smallest absolute Gasteiger partial charge is 0.167 e. The van der Waals surface area contributed by atoms with E-state index < -0.39 is 5.82 Å². The first-order valence-corrected chi connectivity index (χ1v) is 6.40. The lowest BCUT2D eigenvalue weighted by atomic mass is 10.2. The Morgan fingerprint density at radius 1 is 1.16 bits per heavy atom. The summed E-state index contributed by atoms with van der Waals surface area (Å²) in [5.74, 6) is -0.556. The van der Waals surface area contributed by atoms with Crippen molar-refractivity contribution in [1.82, 2.24) is 0 Å². The molecule has 0 aliphatic rings. The molecule has 1 N–H and O–H groups in total. The molecule has 0 amide bonds. The molecule has 2 nitrogen and oxygen atoms in total. The molecule has 0 unspecified atom stereocenters. The van der Waals surface area contributed by atoms with Gasteiger partial charge in [-0.2, -0.15) is 0 Å². The zero-order valence-corrected chi connectivity index (χ0v) is 11.8. The Kier molecular flexibility index (Phi) is 4.37. The number of ether oxygens (including phenoxy) is 1. The van der Waals surface area contributed by atoms with Crippen LogP contribution in [0.4, 0.5) is 14.5 Å². The first-order chi connectivity index (χ1) is 9.08. The Bertz CT molecular complexity index is 569. The summed E-state index contributed by atoms with van der Waals surface area (Å²) in [6.45, 7) is 0.405. The van der Waals surface area contributed by atoms with Crippen LogP contribution in [0.15, 0.2) is 40.9 Å². The number of methoxy groups -OCH3 is 1. The Morgan fingerprint density at radius 2 is 1.95 bits per heavy atom. The zero-order chi connectivity index (χ0) is 13.8. The second-order valence-corrected chi connectivity index (χ2v) is 4.90. The minimum atomic E-state index is -0.437. The van der Waals surface area contributed by atoms with Crippen molar-refractivity contribution in [3.63, 3.8) is 0 Å². The van der Waals surface area contributed by atoms with Crippen LogP contribution in [0.25, 0.3) is 0 Å². The highest BCUT2D eigenvalue weighted by Crippen LogP contribution is 2.21. The van der Waals surface area contributed by atoms with E-state index in [4.69, 9.17) is 4.74 Å². The van der Waals surface area contributed by atoms with Crippen molar-refractivity contribution in [2.75, 3.05) is 12.4 Å². The lowest BCUT2D eigenvalue weighted by Crippen LogP contribution is -2.00. The maximum Gasteiger partial charge on any atom is 0.167 e. The van der Waals surface area contributed by atoms with Crippen molar-refractivity contribution < 1.29 is 13.5 Å². The fraction of sp³-hybridized carbons (Fsp3) is 0.143. The van der Waals surface area contributed by atoms with Crippen LogP contribution in [0.5, 0.6) is 5.75 Å². The fourth-order valence-corrected chi connectivity index (χ4v) is 2.21. The molecule has 0 radical (unpaired) electrons. The molecule has 0 atom stereocenters. The number of anilines is 1. The predicted octanol–water partition coefficient (Wildman–Crippen LogP) is 4.35. The molecular formula is C14H12BrF2NO. The number of benzene rings is 2. The van der Waals surface area contributed by atoms with E-state index in [2.05, 4.69) is 21.2 Å². The molecule has 2 aromatic rings. The van der Waals surface area contributed by atoms with Crippen LogP contribution in [0.3, 0.4) is 0 Å². The standard InChI is InChI=1S/C14H12BrF2NO/c1-19-14-3-2-12(7-13(14)17)18-8-9-4-10(15)6-11(16)5-9/h2-7,18H,8H2,1H3. The van der Waals surface area contributed by atoms with Crippen molar-refractivity contribution in [2.24, 2.45) is 0 Å². The van der Waals surface area contributed by atoms with E-state index >= 15 is 0 Å². The molecule has 2 rings (SSSR count). The Morgan fingerprint density at radius 3 is 2.58 bits per heavy atom. The van der Waals surface area contributed by atoms with E-state index in [9.17, 15) is 8.78 Å². The molecule has 19 heavy (non-hydrogen) atoms. The topological polar surface area (TPSA) is 21.3 Å². The number of rotatable bonds is 4. The summed E-state index contributed by atoms with van der Waals surface area (Å²) >= 11 is 3.23. The van der Waals surface area contributed by atoms with Crippen molar-refractivity contribution in [3.8, 4) is 5.75 Å². The van der Waals surface area contributed by atoms with Gasteiger partial charge in [-0.05, 0) is 35.9 Å². The van der Waals surface area contributed by atoms with Crippen LogP contribution in [-0.2, 0) is 6.54 Å². The van der Waals surface area contributed by atoms with Gasteiger partial charge in [0.1, 0.15) is 5.82 Å². The summed E-state index contributed by atoms with van der Waals surface area (Å²) in [6.07, 6.45) is 0. The SMILES string of the molecule is COc1ccc(NCc2cc(F)cc(Br)c2)cc1F. The van der Waals surface area contributed by atoms with Crippen molar-refractivity contribution >= 4 is 21.6 Å². The van der Waals surface area contributed by atoms with Gasteiger partial charge in [-0.15, -0.1) is 0 Å². The molecule has 5 heteroatoms. The van der Waals surface area contributed by atoms with E-state index in [0.29, 0.717) is 16.7 Å². The van der Waals surface area contributed by atoms with Crippen LogP contribution in [0.2, 0.25) is 0 Å². The first-order valence-electron chi connectivity index (χ1n) is 5.61. The minimum absolute atomic E-state index is 0.194. The first kappa shape index (κ1) is 13.8. The maximum atomic E-state index is 13.5. The number of hydrogen-bond donors (Lipinski definition) is 1. The van der Waals surface area contributed by atoms with Gasteiger partial charge in [-0.25, -0.2) is 8.78 Å². The molecular weight excluding hydrogens is 316 g/mol. The van der Waals surface area contributed by atoms with Gasteiger partial charge >= 0.3 is 0 Å². The number of halogens is 3. The van der Waals surface area contributed by atoms with Crippen LogP contribution in [0.1, 0.15) is 5.56 Å². The Labute approximate surface area is 118 Å². The van der Waals surface area contributed by atoms with E-state index in [-0.39, 0.29) is 11.6 Å². The highest BCUT2D eigenvalue weighted by atomic mass is 79.9. The van der Waals surface area contributed by atoms with Gasteiger partial charge in [0.15, 0.2) is 11.6 Å². The molecule has 0 aliphatic heterocycles. The zero-order valence-electron chi connectivity index (χ0n) is 10.2. The highest BCUT2D eigenvalue weighted by Gasteiger charge is 2.04. The van der Waals surface area contributed by atoms with E-state index in [1.54, 1.807) is 18.2 Å². The number of hydrogen-bond acceptors (Lipinski definition) is 2.